The van der Waals surface area contributed by atoms with Crippen LogP contribution in [0.25, 0.3) is 0 Å². The number of halogens is 1. The molecule has 68 valence electrons. The average Bonchev–Trinajstić information content (AvgIpc) is 2.48. The molecule has 12 heavy (non-hydrogen) atoms. The third kappa shape index (κ3) is 2.60. The molecule has 0 spiro atoms. The highest BCUT2D eigenvalue weighted by Gasteiger charge is 2.04. The Morgan fingerprint density at radius 1 is 1.50 bits per heavy atom. The fourth-order valence-corrected chi connectivity index (χ4v) is 1.52. The van der Waals surface area contributed by atoms with Crippen LogP contribution < -0.4 is 4.90 Å². The van der Waals surface area contributed by atoms with Crippen LogP contribution in [0.4, 0.5) is 5.13 Å². The molecule has 0 aliphatic heterocycles. The standard InChI is InChI=1S/C7H12ClN3S/c1-11(2)7-9-6(10-12-7)4-3-5-8/h3-5H2,1-2H3. The zero-order valence-electron chi connectivity index (χ0n) is 7.25. The first-order valence-corrected chi connectivity index (χ1v) is 5.10. The van der Waals surface area contributed by atoms with Gasteiger partial charge in [0.2, 0.25) is 5.13 Å². The van der Waals surface area contributed by atoms with Gasteiger partial charge in [0.05, 0.1) is 0 Å². The van der Waals surface area contributed by atoms with E-state index in [1.54, 1.807) is 0 Å². The van der Waals surface area contributed by atoms with E-state index in [1.165, 1.54) is 11.5 Å². The number of hydrogen-bond acceptors (Lipinski definition) is 4. The predicted molar refractivity (Wildman–Crippen MR) is 53.3 cm³/mol. The first-order valence-electron chi connectivity index (χ1n) is 3.80. The number of aryl methyl sites for hydroxylation is 1. The molecular weight excluding hydrogens is 194 g/mol. The molecule has 0 aliphatic rings. The smallest absolute Gasteiger partial charge is 0.204 e. The molecule has 3 nitrogen and oxygen atoms in total. The summed E-state index contributed by atoms with van der Waals surface area (Å²) in [5.41, 5.74) is 0. The van der Waals surface area contributed by atoms with Gasteiger partial charge < -0.3 is 4.90 Å². The number of rotatable bonds is 4. The van der Waals surface area contributed by atoms with Crippen LogP contribution in [0, 0.1) is 0 Å². The topological polar surface area (TPSA) is 29.0 Å². The van der Waals surface area contributed by atoms with Crippen molar-refractivity contribution in [3.05, 3.63) is 5.82 Å². The maximum absolute atomic E-state index is 5.56. The Hall–Kier alpha value is -0.350. The number of aromatic nitrogens is 2. The van der Waals surface area contributed by atoms with E-state index in [0.717, 1.165) is 23.8 Å². The molecule has 0 unspecified atom stereocenters. The highest BCUT2D eigenvalue weighted by Crippen LogP contribution is 2.14. The van der Waals surface area contributed by atoms with E-state index in [2.05, 4.69) is 9.36 Å². The third-order valence-corrected chi connectivity index (χ3v) is 2.56. The van der Waals surface area contributed by atoms with E-state index in [4.69, 9.17) is 11.6 Å². The molecule has 0 amide bonds. The zero-order valence-corrected chi connectivity index (χ0v) is 8.82. The van der Waals surface area contributed by atoms with Crippen molar-refractivity contribution in [1.82, 2.24) is 9.36 Å². The Balaban J connectivity index is 2.52. The number of alkyl halides is 1. The van der Waals surface area contributed by atoms with Gasteiger partial charge in [0, 0.05) is 37.9 Å². The molecule has 5 heteroatoms. The van der Waals surface area contributed by atoms with Crippen LogP contribution in [0.3, 0.4) is 0 Å². The SMILES string of the molecule is CN(C)c1nc(CCCCl)ns1. The summed E-state index contributed by atoms with van der Waals surface area (Å²) in [5, 5.41) is 0.958. The average molecular weight is 206 g/mol. The lowest BCUT2D eigenvalue weighted by Crippen LogP contribution is -2.08. The lowest BCUT2D eigenvalue weighted by atomic mass is 10.3. The minimum absolute atomic E-state index is 0.677. The van der Waals surface area contributed by atoms with E-state index < -0.39 is 0 Å². The van der Waals surface area contributed by atoms with E-state index >= 15 is 0 Å². The van der Waals surface area contributed by atoms with E-state index in [1.807, 2.05) is 19.0 Å². The van der Waals surface area contributed by atoms with Crippen LogP contribution in [0.5, 0.6) is 0 Å². The Labute approximate surface area is 81.5 Å². The van der Waals surface area contributed by atoms with Gasteiger partial charge >= 0.3 is 0 Å². The van der Waals surface area contributed by atoms with Crippen molar-refractivity contribution in [3.63, 3.8) is 0 Å². The summed E-state index contributed by atoms with van der Waals surface area (Å²) in [6.07, 6.45) is 1.83. The van der Waals surface area contributed by atoms with Crippen molar-refractivity contribution in [1.29, 1.82) is 0 Å². The molecule has 0 atom stereocenters. The molecule has 0 aliphatic carbocycles. The Bertz CT molecular complexity index is 236. The second-order valence-corrected chi connectivity index (χ2v) is 3.79. The number of hydrogen-bond donors (Lipinski definition) is 0. The minimum Gasteiger partial charge on any atom is -0.353 e. The van der Waals surface area contributed by atoms with Crippen LogP contribution in [-0.4, -0.2) is 29.3 Å². The van der Waals surface area contributed by atoms with Crippen molar-refractivity contribution in [2.75, 3.05) is 24.9 Å². The summed E-state index contributed by atoms with van der Waals surface area (Å²) in [6, 6.07) is 0. The highest BCUT2D eigenvalue weighted by atomic mass is 35.5. The molecule has 0 aromatic carbocycles. The van der Waals surface area contributed by atoms with Crippen LogP contribution in [0.1, 0.15) is 12.2 Å². The molecule has 1 rings (SSSR count). The predicted octanol–water partition coefficient (Wildman–Crippen LogP) is 1.78. The Kier molecular flexibility index (Phi) is 3.75. The normalized spacial score (nSPS) is 10.2. The second kappa shape index (κ2) is 4.62. The molecule has 0 saturated heterocycles. The Morgan fingerprint density at radius 3 is 2.75 bits per heavy atom. The van der Waals surface area contributed by atoms with Gasteiger partial charge in [-0.3, -0.25) is 0 Å². The van der Waals surface area contributed by atoms with E-state index in [9.17, 15) is 0 Å². The summed E-state index contributed by atoms with van der Waals surface area (Å²) in [4.78, 5) is 6.28. The van der Waals surface area contributed by atoms with Gasteiger partial charge in [-0.2, -0.15) is 4.37 Å². The van der Waals surface area contributed by atoms with Crippen LogP contribution >= 0.6 is 23.1 Å². The fourth-order valence-electron chi connectivity index (χ4n) is 0.753. The van der Waals surface area contributed by atoms with Gasteiger partial charge in [-0.15, -0.1) is 11.6 Å². The second-order valence-electron chi connectivity index (χ2n) is 2.68. The van der Waals surface area contributed by atoms with Crippen LogP contribution in [0.2, 0.25) is 0 Å². The maximum atomic E-state index is 5.56. The quantitative estimate of drug-likeness (QED) is 0.702. The molecule has 1 aromatic rings. The maximum Gasteiger partial charge on any atom is 0.204 e. The first kappa shape index (κ1) is 9.74. The molecular formula is C7H12ClN3S. The molecule has 0 saturated carbocycles. The largest absolute Gasteiger partial charge is 0.353 e. The summed E-state index contributed by atoms with van der Waals surface area (Å²) in [7, 11) is 3.93. The number of nitrogens with zero attached hydrogens (tertiary/aromatic N) is 3. The van der Waals surface area contributed by atoms with Crippen molar-refractivity contribution < 1.29 is 0 Å². The molecule has 0 radical (unpaired) electrons. The lowest BCUT2D eigenvalue weighted by Gasteiger charge is -2.03. The molecule has 1 heterocycles. The summed E-state index contributed by atoms with van der Waals surface area (Å²) in [5.74, 6) is 1.58. The van der Waals surface area contributed by atoms with Crippen LogP contribution in [-0.2, 0) is 6.42 Å². The van der Waals surface area contributed by atoms with Crippen molar-refractivity contribution in [2.45, 2.75) is 12.8 Å². The lowest BCUT2D eigenvalue weighted by molar-refractivity contribution is 0.863. The van der Waals surface area contributed by atoms with Gasteiger partial charge in [-0.05, 0) is 6.42 Å². The minimum atomic E-state index is 0.677. The van der Waals surface area contributed by atoms with Crippen molar-refractivity contribution in [2.24, 2.45) is 0 Å². The zero-order chi connectivity index (χ0) is 8.97. The van der Waals surface area contributed by atoms with Gasteiger partial charge in [-0.25, -0.2) is 4.98 Å². The Morgan fingerprint density at radius 2 is 2.25 bits per heavy atom. The molecule has 1 aromatic heterocycles. The van der Waals surface area contributed by atoms with Gasteiger partial charge in [0.15, 0.2) is 0 Å². The highest BCUT2D eigenvalue weighted by molar-refractivity contribution is 7.09. The molecule has 0 fully saturated rings. The van der Waals surface area contributed by atoms with Crippen molar-refractivity contribution in [3.8, 4) is 0 Å². The number of anilines is 1. The summed E-state index contributed by atoms with van der Waals surface area (Å²) < 4.78 is 4.21. The van der Waals surface area contributed by atoms with Gasteiger partial charge in [0.1, 0.15) is 5.82 Å². The van der Waals surface area contributed by atoms with Crippen molar-refractivity contribution >= 4 is 28.3 Å². The van der Waals surface area contributed by atoms with E-state index in [-0.39, 0.29) is 0 Å². The van der Waals surface area contributed by atoms with Crippen LogP contribution in [0.15, 0.2) is 0 Å². The van der Waals surface area contributed by atoms with Gasteiger partial charge in [-0.1, -0.05) is 0 Å². The van der Waals surface area contributed by atoms with Gasteiger partial charge in [0.25, 0.3) is 0 Å². The first-order chi connectivity index (χ1) is 5.74. The monoisotopic (exact) mass is 205 g/mol. The summed E-state index contributed by atoms with van der Waals surface area (Å²) in [6.45, 7) is 0. The van der Waals surface area contributed by atoms with E-state index in [0.29, 0.717) is 5.88 Å². The fraction of sp³-hybridized carbons (Fsp3) is 0.714. The summed E-state index contributed by atoms with van der Waals surface area (Å²) >= 11 is 6.99. The third-order valence-electron chi connectivity index (χ3n) is 1.37. The molecule has 0 N–H and O–H groups in total. The molecule has 0 bridgehead atoms.